The van der Waals surface area contributed by atoms with Crippen molar-refractivity contribution in [2.75, 3.05) is 13.2 Å². The molecule has 1 aromatic carbocycles. The second kappa shape index (κ2) is 4.53. The van der Waals surface area contributed by atoms with Gasteiger partial charge in [0.2, 0.25) is 0 Å². The van der Waals surface area contributed by atoms with Gasteiger partial charge in [0, 0.05) is 16.5 Å². The predicted octanol–water partition coefficient (Wildman–Crippen LogP) is 3.38. The van der Waals surface area contributed by atoms with Gasteiger partial charge in [0.25, 0.3) is 0 Å². The normalized spacial score (nSPS) is 17.7. The van der Waals surface area contributed by atoms with E-state index in [1.807, 2.05) is 0 Å². The third kappa shape index (κ3) is 2.00. The molecule has 1 aromatic rings. The molecule has 0 saturated carbocycles. The molecule has 0 bridgehead atoms. The first kappa shape index (κ1) is 13.3. The lowest BCUT2D eigenvalue weighted by atomic mass is 9.81. The van der Waals surface area contributed by atoms with Gasteiger partial charge in [-0.15, -0.1) is 0 Å². The molecule has 0 atom stereocenters. The summed E-state index contributed by atoms with van der Waals surface area (Å²) in [4.78, 5) is 0. The van der Waals surface area contributed by atoms with Crippen LogP contribution in [0.3, 0.4) is 0 Å². The van der Waals surface area contributed by atoms with E-state index in [4.69, 9.17) is 4.74 Å². The van der Waals surface area contributed by atoms with Crippen LogP contribution in [0.5, 0.6) is 0 Å². The van der Waals surface area contributed by atoms with E-state index in [2.05, 4.69) is 0 Å². The van der Waals surface area contributed by atoms with Crippen LogP contribution in [0.15, 0.2) is 0 Å². The molecule has 1 nitrogen and oxygen atoms in total. The van der Waals surface area contributed by atoms with Crippen molar-refractivity contribution in [1.82, 2.24) is 0 Å². The molecule has 1 heterocycles. The first-order valence-corrected chi connectivity index (χ1v) is 5.81. The highest BCUT2D eigenvalue weighted by Gasteiger charge is 2.37. The van der Waals surface area contributed by atoms with Crippen molar-refractivity contribution in [2.24, 2.45) is 5.41 Å². The van der Waals surface area contributed by atoms with Gasteiger partial charge in [-0.05, 0) is 12.8 Å². The summed E-state index contributed by atoms with van der Waals surface area (Å²) >= 11 is 0. The highest BCUT2D eigenvalue weighted by molar-refractivity contribution is 5.31. The third-order valence-electron chi connectivity index (χ3n) is 3.30. The summed E-state index contributed by atoms with van der Waals surface area (Å²) in [5.74, 6) is -5.12. The van der Waals surface area contributed by atoms with Gasteiger partial charge in [-0.3, -0.25) is 0 Å². The average Bonchev–Trinajstić information content (AvgIpc) is 2.31. The molecule has 0 aliphatic carbocycles. The third-order valence-corrected chi connectivity index (χ3v) is 3.30. The second-order valence-corrected chi connectivity index (χ2v) is 5.05. The first-order chi connectivity index (χ1) is 8.39. The Balaban J connectivity index is 2.47. The molecule has 1 saturated heterocycles. The topological polar surface area (TPSA) is 9.23 Å². The predicted molar refractivity (Wildman–Crippen MR) is 58.3 cm³/mol. The van der Waals surface area contributed by atoms with Gasteiger partial charge in [-0.25, -0.2) is 17.6 Å². The van der Waals surface area contributed by atoms with E-state index in [1.54, 1.807) is 6.92 Å². The van der Waals surface area contributed by atoms with Crippen LogP contribution >= 0.6 is 0 Å². The Morgan fingerprint density at radius 3 is 1.72 bits per heavy atom. The fourth-order valence-electron chi connectivity index (χ4n) is 2.17. The zero-order chi connectivity index (χ0) is 13.5. The molecule has 1 aliphatic heterocycles. The number of hydrogen-bond donors (Lipinski definition) is 0. The lowest BCUT2D eigenvalue weighted by Gasteiger charge is -2.38. The number of ether oxygens (including phenoxy) is 1. The molecular weight excluding hydrogens is 248 g/mol. The van der Waals surface area contributed by atoms with Crippen molar-refractivity contribution in [3.63, 3.8) is 0 Å². The number of benzene rings is 1. The van der Waals surface area contributed by atoms with E-state index in [9.17, 15) is 17.6 Å². The fourth-order valence-corrected chi connectivity index (χ4v) is 2.17. The van der Waals surface area contributed by atoms with E-state index in [0.717, 1.165) is 0 Å². The first-order valence-electron chi connectivity index (χ1n) is 5.81. The molecule has 0 radical (unpaired) electrons. The lowest BCUT2D eigenvalue weighted by Crippen LogP contribution is -2.42. The Bertz CT molecular complexity index is 451. The van der Waals surface area contributed by atoms with Crippen molar-refractivity contribution in [3.8, 4) is 0 Å². The fraction of sp³-hybridized carbons (Fsp3) is 0.538. The van der Waals surface area contributed by atoms with Crippen molar-refractivity contribution in [2.45, 2.75) is 26.7 Å². The number of halogens is 4. The summed E-state index contributed by atoms with van der Waals surface area (Å²) in [6, 6.07) is 0. The summed E-state index contributed by atoms with van der Waals surface area (Å²) in [7, 11) is 0. The number of hydrogen-bond acceptors (Lipinski definition) is 1. The van der Waals surface area contributed by atoms with Crippen LogP contribution in [0, 0.1) is 28.7 Å². The van der Waals surface area contributed by atoms with Crippen LogP contribution in [-0.2, 0) is 17.6 Å². The van der Waals surface area contributed by atoms with Gasteiger partial charge in [0.05, 0.1) is 13.2 Å². The van der Waals surface area contributed by atoms with E-state index in [1.165, 1.54) is 6.92 Å². The molecule has 2 rings (SSSR count). The molecule has 100 valence electrons. The van der Waals surface area contributed by atoms with E-state index >= 15 is 0 Å². The molecule has 0 unspecified atom stereocenters. The van der Waals surface area contributed by atoms with E-state index in [-0.39, 0.29) is 12.8 Å². The Morgan fingerprint density at radius 1 is 0.944 bits per heavy atom. The van der Waals surface area contributed by atoms with Gasteiger partial charge in [0.1, 0.15) is 0 Å². The molecule has 0 N–H and O–H groups in total. The smallest absolute Gasteiger partial charge is 0.165 e. The zero-order valence-electron chi connectivity index (χ0n) is 10.2. The maximum absolute atomic E-state index is 13.8. The standard InChI is InChI=1S/C13H14F4O/c1-3-7-9(14)11(16)8(12(17)10(7)15)4-13(2)5-18-6-13/h3-6H2,1-2H3. The minimum atomic E-state index is -1.28. The average molecular weight is 262 g/mol. The summed E-state index contributed by atoms with van der Waals surface area (Å²) in [5, 5.41) is 0. The van der Waals surface area contributed by atoms with Crippen molar-refractivity contribution >= 4 is 0 Å². The van der Waals surface area contributed by atoms with Crippen LogP contribution in [0.4, 0.5) is 17.6 Å². The second-order valence-electron chi connectivity index (χ2n) is 5.05. The minimum absolute atomic E-state index is 0.0670. The number of rotatable bonds is 3. The highest BCUT2D eigenvalue weighted by atomic mass is 19.2. The monoisotopic (exact) mass is 262 g/mol. The van der Waals surface area contributed by atoms with Crippen molar-refractivity contribution in [3.05, 3.63) is 34.4 Å². The summed E-state index contributed by atoms with van der Waals surface area (Å²) in [6.07, 6.45) is -0.158. The van der Waals surface area contributed by atoms with Gasteiger partial charge < -0.3 is 4.74 Å². The Hall–Kier alpha value is -1.10. The lowest BCUT2D eigenvalue weighted by molar-refractivity contribution is -0.101. The molecule has 1 aliphatic rings. The van der Waals surface area contributed by atoms with Crippen LogP contribution < -0.4 is 0 Å². The molecule has 1 fully saturated rings. The summed E-state index contributed by atoms with van der Waals surface area (Å²) < 4.78 is 59.7. The minimum Gasteiger partial charge on any atom is -0.380 e. The maximum atomic E-state index is 13.8. The Morgan fingerprint density at radius 2 is 1.39 bits per heavy atom. The van der Waals surface area contributed by atoms with E-state index in [0.29, 0.717) is 13.2 Å². The maximum Gasteiger partial charge on any atom is 0.165 e. The molecule has 0 spiro atoms. The highest BCUT2D eigenvalue weighted by Crippen LogP contribution is 2.34. The van der Waals surface area contributed by atoms with Crippen LogP contribution in [0.25, 0.3) is 0 Å². The molecular formula is C13H14F4O. The van der Waals surface area contributed by atoms with Gasteiger partial charge in [0.15, 0.2) is 23.3 Å². The summed E-state index contributed by atoms with van der Waals surface area (Å²) in [6.45, 7) is 3.88. The summed E-state index contributed by atoms with van der Waals surface area (Å²) in [5.41, 5.74) is -1.51. The quantitative estimate of drug-likeness (QED) is 0.599. The molecule has 18 heavy (non-hydrogen) atoms. The van der Waals surface area contributed by atoms with Crippen LogP contribution in [0.2, 0.25) is 0 Å². The van der Waals surface area contributed by atoms with Gasteiger partial charge in [-0.2, -0.15) is 0 Å². The van der Waals surface area contributed by atoms with Crippen molar-refractivity contribution in [1.29, 1.82) is 0 Å². The van der Waals surface area contributed by atoms with Gasteiger partial charge >= 0.3 is 0 Å². The zero-order valence-corrected chi connectivity index (χ0v) is 10.2. The molecule has 5 heteroatoms. The van der Waals surface area contributed by atoms with Gasteiger partial charge in [-0.1, -0.05) is 13.8 Å². The molecule has 0 amide bonds. The van der Waals surface area contributed by atoms with E-state index < -0.39 is 39.8 Å². The Kier molecular flexibility index (Phi) is 3.36. The van der Waals surface area contributed by atoms with Crippen LogP contribution in [-0.4, -0.2) is 13.2 Å². The largest absolute Gasteiger partial charge is 0.380 e. The molecule has 0 aromatic heterocycles. The SMILES string of the molecule is CCc1c(F)c(F)c(CC2(C)COC2)c(F)c1F. The van der Waals surface area contributed by atoms with Crippen molar-refractivity contribution < 1.29 is 22.3 Å². The van der Waals surface area contributed by atoms with Crippen LogP contribution in [0.1, 0.15) is 25.0 Å². The Labute approximate surface area is 103 Å².